The van der Waals surface area contributed by atoms with Crippen molar-refractivity contribution in [1.29, 1.82) is 0 Å². The molecule has 0 radical (unpaired) electrons. The number of benzene rings is 1. The van der Waals surface area contributed by atoms with Gasteiger partial charge in [-0.2, -0.15) is 0 Å². The van der Waals surface area contributed by atoms with E-state index in [-0.39, 0.29) is 11.9 Å². The molecule has 17 heavy (non-hydrogen) atoms. The third-order valence-corrected chi connectivity index (χ3v) is 3.12. The minimum absolute atomic E-state index is 0.132. The fraction of sp³-hybridized carbons (Fsp3) is 0.429. The van der Waals surface area contributed by atoms with E-state index in [1.807, 2.05) is 25.1 Å². The van der Waals surface area contributed by atoms with Crippen LogP contribution in [0.2, 0.25) is 0 Å². The summed E-state index contributed by atoms with van der Waals surface area (Å²) in [6.45, 7) is 6.28. The molecule has 1 aromatic carbocycles. The number of nitrogens with zero attached hydrogens (tertiary/aromatic N) is 1. The van der Waals surface area contributed by atoms with E-state index in [1.165, 1.54) is 0 Å². The zero-order valence-electron chi connectivity index (χ0n) is 10.2. The highest BCUT2D eigenvalue weighted by atomic mass is 19.1. The molecular weight excluding hydrogens is 215 g/mol. The molecule has 2 rings (SSSR count). The minimum atomic E-state index is -0.187. The van der Waals surface area contributed by atoms with Crippen LogP contribution in [-0.2, 0) is 0 Å². The summed E-state index contributed by atoms with van der Waals surface area (Å²) >= 11 is 0. The number of halogens is 1. The van der Waals surface area contributed by atoms with Crippen molar-refractivity contribution in [2.24, 2.45) is 5.73 Å². The Bertz CT molecular complexity index is 411. The van der Waals surface area contributed by atoms with Crippen LogP contribution in [0.5, 0.6) is 0 Å². The Morgan fingerprint density at radius 3 is 2.76 bits per heavy atom. The molecule has 2 N–H and O–H groups in total. The summed E-state index contributed by atoms with van der Waals surface area (Å²) in [5.74, 6) is -0.187. The molecule has 1 aliphatic carbocycles. The summed E-state index contributed by atoms with van der Waals surface area (Å²) in [4.78, 5) is 2.08. The molecule has 1 aromatic rings. The average Bonchev–Trinajstić information content (AvgIpc) is 3.10. The molecule has 0 amide bonds. The molecule has 1 atom stereocenters. The normalized spacial score (nSPS) is 16.6. The Hall–Kier alpha value is -1.35. The molecule has 0 bridgehead atoms. The van der Waals surface area contributed by atoms with E-state index in [1.54, 1.807) is 6.07 Å². The first kappa shape index (κ1) is 12.1. The Morgan fingerprint density at radius 2 is 2.29 bits per heavy atom. The van der Waals surface area contributed by atoms with Gasteiger partial charge in [0.15, 0.2) is 0 Å². The second-order valence-corrected chi connectivity index (χ2v) is 4.67. The van der Waals surface area contributed by atoms with Crippen LogP contribution >= 0.6 is 0 Å². The monoisotopic (exact) mass is 234 g/mol. The van der Waals surface area contributed by atoms with Gasteiger partial charge in [-0.15, -0.1) is 6.58 Å². The molecule has 1 aliphatic rings. The van der Waals surface area contributed by atoms with Gasteiger partial charge in [-0.05, 0) is 37.5 Å². The van der Waals surface area contributed by atoms with E-state index < -0.39 is 0 Å². The number of hydrogen-bond donors (Lipinski definition) is 1. The molecule has 0 heterocycles. The van der Waals surface area contributed by atoms with Crippen LogP contribution in [0.4, 0.5) is 10.1 Å². The number of hydrogen-bond acceptors (Lipinski definition) is 2. The predicted octanol–water partition coefficient (Wildman–Crippen LogP) is 3.00. The van der Waals surface area contributed by atoms with E-state index in [0.29, 0.717) is 18.3 Å². The fourth-order valence-electron chi connectivity index (χ4n) is 2.01. The number of rotatable bonds is 5. The average molecular weight is 234 g/mol. The van der Waals surface area contributed by atoms with Gasteiger partial charge in [-0.1, -0.05) is 12.1 Å². The highest BCUT2D eigenvalue weighted by Crippen LogP contribution is 2.33. The van der Waals surface area contributed by atoms with Gasteiger partial charge in [0.05, 0.1) is 5.69 Å². The lowest BCUT2D eigenvalue weighted by Gasteiger charge is -2.24. The van der Waals surface area contributed by atoms with Gasteiger partial charge in [0, 0.05) is 18.6 Å². The molecule has 0 unspecified atom stereocenters. The second-order valence-electron chi connectivity index (χ2n) is 4.67. The first-order chi connectivity index (χ1) is 8.13. The van der Waals surface area contributed by atoms with E-state index >= 15 is 0 Å². The van der Waals surface area contributed by atoms with Gasteiger partial charge in [0.25, 0.3) is 0 Å². The van der Waals surface area contributed by atoms with Crippen molar-refractivity contribution in [3.63, 3.8) is 0 Å². The highest BCUT2D eigenvalue weighted by molar-refractivity contribution is 5.52. The molecule has 1 fully saturated rings. The van der Waals surface area contributed by atoms with Gasteiger partial charge >= 0.3 is 0 Å². The molecule has 0 aromatic heterocycles. The summed E-state index contributed by atoms with van der Waals surface area (Å²) < 4.78 is 14.0. The summed E-state index contributed by atoms with van der Waals surface area (Å²) in [5.41, 5.74) is 7.24. The molecule has 0 spiro atoms. The fourth-order valence-corrected chi connectivity index (χ4v) is 2.01. The van der Waals surface area contributed by atoms with Crippen LogP contribution < -0.4 is 10.6 Å². The van der Waals surface area contributed by atoms with E-state index in [0.717, 1.165) is 18.4 Å². The maximum absolute atomic E-state index is 14.0. The zero-order valence-corrected chi connectivity index (χ0v) is 10.2. The van der Waals surface area contributed by atoms with Crippen LogP contribution in [0.25, 0.3) is 0 Å². The highest BCUT2D eigenvalue weighted by Gasteiger charge is 2.29. The minimum Gasteiger partial charge on any atom is -0.362 e. The molecular formula is C14H19FN2. The van der Waals surface area contributed by atoms with Crippen molar-refractivity contribution in [3.8, 4) is 0 Å². The summed E-state index contributed by atoms with van der Waals surface area (Å²) in [6.07, 6.45) is 4.10. The van der Waals surface area contributed by atoms with Gasteiger partial charge in [0.1, 0.15) is 5.82 Å². The third kappa shape index (κ3) is 2.67. The summed E-state index contributed by atoms with van der Waals surface area (Å²) in [6, 6.07) is 5.62. The molecule has 0 saturated heterocycles. The number of nitrogens with two attached hydrogens (primary N) is 1. The van der Waals surface area contributed by atoms with Gasteiger partial charge in [-0.25, -0.2) is 4.39 Å². The second kappa shape index (κ2) is 4.88. The molecule has 0 aliphatic heterocycles. The van der Waals surface area contributed by atoms with Crippen LogP contribution in [0.1, 0.15) is 31.4 Å². The molecule has 3 heteroatoms. The van der Waals surface area contributed by atoms with Crippen LogP contribution in [0, 0.1) is 5.82 Å². The summed E-state index contributed by atoms with van der Waals surface area (Å²) in [7, 11) is 0. The first-order valence-corrected chi connectivity index (χ1v) is 6.06. The van der Waals surface area contributed by atoms with Gasteiger partial charge in [0.2, 0.25) is 0 Å². The zero-order chi connectivity index (χ0) is 12.4. The lowest BCUT2D eigenvalue weighted by atomic mass is 10.1. The Morgan fingerprint density at radius 1 is 1.59 bits per heavy atom. The Kier molecular flexibility index (Phi) is 3.48. The van der Waals surface area contributed by atoms with E-state index in [4.69, 9.17) is 5.73 Å². The maximum Gasteiger partial charge on any atom is 0.146 e. The van der Waals surface area contributed by atoms with Gasteiger partial charge in [-0.3, -0.25) is 0 Å². The van der Waals surface area contributed by atoms with Gasteiger partial charge < -0.3 is 10.6 Å². The third-order valence-electron chi connectivity index (χ3n) is 3.12. The molecule has 1 saturated carbocycles. The van der Waals surface area contributed by atoms with Crippen LogP contribution in [0.15, 0.2) is 30.9 Å². The van der Waals surface area contributed by atoms with Crippen LogP contribution in [-0.4, -0.2) is 12.6 Å². The van der Waals surface area contributed by atoms with Crippen LogP contribution in [0.3, 0.4) is 0 Å². The van der Waals surface area contributed by atoms with E-state index in [2.05, 4.69) is 11.5 Å². The quantitative estimate of drug-likeness (QED) is 0.793. The van der Waals surface area contributed by atoms with E-state index in [9.17, 15) is 4.39 Å². The summed E-state index contributed by atoms with van der Waals surface area (Å²) in [5, 5.41) is 0. The molecule has 2 nitrogen and oxygen atoms in total. The van der Waals surface area contributed by atoms with Crippen molar-refractivity contribution in [1.82, 2.24) is 0 Å². The first-order valence-electron chi connectivity index (χ1n) is 6.06. The number of anilines is 1. The largest absolute Gasteiger partial charge is 0.362 e. The van der Waals surface area contributed by atoms with Crippen molar-refractivity contribution in [2.45, 2.75) is 31.8 Å². The Labute approximate surface area is 102 Å². The van der Waals surface area contributed by atoms with Crippen molar-refractivity contribution in [3.05, 3.63) is 42.2 Å². The Balaban J connectivity index is 2.27. The van der Waals surface area contributed by atoms with Crippen molar-refractivity contribution in [2.75, 3.05) is 11.4 Å². The SMILES string of the molecule is C=CCN(c1ccc([C@H](C)N)cc1F)C1CC1. The molecule has 92 valence electrons. The lowest BCUT2D eigenvalue weighted by molar-refractivity contribution is 0.614. The van der Waals surface area contributed by atoms with Crippen molar-refractivity contribution < 1.29 is 4.39 Å². The maximum atomic E-state index is 14.0. The lowest BCUT2D eigenvalue weighted by Crippen LogP contribution is -2.26. The topological polar surface area (TPSA) is 29.3 Å². The standard InChI is InChI=1S/C14H19FN2/c1-3-8-17(12-5-6-12)14-7-4-11(10(2)16)9-13(14)15/h3-4,7,9-10,12H,1,5-6,8,16H2,2H3/t10-/m0/s1. The predicted molar refractivity (Wildman–Crippen MR) is 69.6 cm³/mol. The smallest absolute Gasteiger partial charge is 0.146 e. The van der Waals surface area contributed by atoms with Crippen molar-refractivity contribution >= 4 is 5.69 Å².